The molecule has 22 heavy (non-hydrogen) atoms. The fraction of sp³-hybridized carbons (Fsp3) is 0.200. The standard InChI is InChI=1S/C15H12F2O5/c1-8(18)13-11(17)5-10(16)6-12(13)22-7-9-3-4-21-14(9)15(19)20-2/h3-6H,7H2,1-2H3. The van der Waals surface area contributed by atoms with Crippen LogP contribution in [-0.4, -0.2) is 18.9 Å². The van der Waals surface area contributed by atoms with E-state index >= 15 is 0 Å². The number of halogens is 2. The van der Waals surface area contributed by atoms with Gasteiger partial charge in [-0.25, -0.2) is 13.6 Å². The molecule has 0 saturated heterocycles. The zero-order chi connectivity index (χ0) is 16.3. The molecule has 1 aromatic carbocycles. The lowest BCUT2D eigenvalue weighted by atomic mass is 10.1. The van der Waals surface area contributed by atoms with Crippen molar-refractivity contribution < 1.29 is 32.3 Å². The molecule has 2 rings (SSSR count). The Morgan fingerprint density at radius 2 is 2.00 bits per heavy atom. The molecule has 0 aliphatic rings. The predicted octanol–water partition coefficient (Wildman–Crippen LogP) is 3.13. The second kappa shape index (κ2) is 6.38. The second-order valence-corrected chi connectivity index (χ2v) is 4.37. The van der Waals surface area contributed by atoms with Crippen molar-refractivity contribution in [3.8, 4) is 5.75 Å². The molecule has 0 spiro atoms. The Morgan fingerprint density at radius 1 is 1.27 bits per heavy atom. The Balaban J connectivity index is 2.28. The van der Waals surface area contributed by atoms with Gasteiger partial charge in [0.25, 0.3) is 0 Å². The summed E-state index contributed by atoms with van der Waals surface area (Å²) in [5, 5.41) is 0. The maximum absolute atomic E-state index is 13.7. The van der Waals surface area contributed by atoms with E-state index in [2.05, 4.69) is 4.74 Å². The normalized spacial score (nSPS) is 10.4. The number of carbonyl (C=O) groups is 2. The molecule has 0 bridgehead atoms. The van der Waals surface area contributed by atoms with Crippen LogP contribution >= 0.6 is 0 Å². The number of rotatable bonds is 5. The summed E-state index contributed by atoms with van der Waals surface area (Å²) in [7, 11) is 1.19. The van der Waals surface area contributed by atoms with Crippen LogP contribution in [0.15, 0.2) is 28.9 Å². The zero-order valence-corrected chi connectivity index (χ0v) is 11.8. The van der Waals surface area contributed by atoms with Gasteiger partial charge in [0.1, 0.15) is 24.0 Å². The molecule has 0 atom stereocenters. The highest BCUT2D eigenvalue weighted by molar-refractivity contribution is 5.97. The fourth-order valence-electron chi connectivity index (χ4n) is 1.88. The second-order valence-electron chi connectivity index (χ2n) is 4.37. The number of ketones is 1. The lowest BCUT2D eigenvalue weighted by Gasteiger charge is -2.10. The van der Waals surface area contributed by atoms with Crippen molar-refractivity contribution in [2.45, 2.75) is 13.5 Å². The molecule has 0 N–H and O–H groups in total. The summed E-state index contributed by atoms with van der Waals surface area (Å²) in [4.78, 5) is 22.9. The molecule has 1 aromatic heterocycles. The zero-order valence-electron chi connectivity index (χ0n) is 11.8. The first-order valence-electron chi connectivity index (χ1n) is 6.21. The molecule has 0 radical (unpaired) electrons. The Bertz CT molecular complexity index is 721. The number of benzene rings is 1. The van der Waals surface area contributed by atoms with E-state index in [1.54, 1.807) is 0 Å². The van der Waals surface area contributed by atoms with Crippen molar-refractivity contribution in [3.05, 3.63) is 53.0 Å². The van der Waals surface area contributed by atoms with Gasteiger partial charge in [0.05, 0.1) is 18.9 Å². The van der Waals surface area contributed by atoms with Gasteiger partial charge in [-0.2, -0.15) is 0 Å². The van der Waals surface area contributed by atoms with Crippen molar-refractivity contribution in [3.63, 3.8) is 0 Å². The van der Waals surface area contributed by atoms with Crippen LogP contribution in [0.3, 0.4) is 0 Å². The van der Waals surface area contributed by atoms with Gasteiger partial charge in [-0.3, -0.25) is 4.79 Å². The maximum atomic E-state index is 13.7. The highest BCUT2D eigenvalue weighted by atomic mass is 19.1. The number of furan rings is 1. The van der Waals surface area contributed by atoms with Crippen LogP contribution < -0.4 is 4.74 Å². The van der Waals surface area contributed by atoms with Crippen LogP contribution in [0.2, 0.25) is 0 Å². The lowest BCUT2D eigenvalue weighted by Crippen LogP contribution is -2.08. The van der Waals surface area contributed by atoms with Crippen LogP contribution in [0.25, 0.3) is 0 Å². The van der Waals surface area contributed by atoms with Crippen molar-refractivity contribution in [1.82, 2.24) is 0 Å². The molecular formula is C15H12F2O5. The molecule has 0 amide bonds. The van der Waals surface area contributed by atoms with Crippen LogP contribution in [0.1, 0.15) is 33.4 Å². The summed E-state index contributed by atoms with van der Waals surface area (Å²) in [6, 6.07) is 2.95. The predicted molar refractivity (Wildman–Crippen MR) is 70.7 cm³/mol. The summed E-state index contributed by atoms with van der Waals surface area (Å²) < 4.78 is 41.7. The largest absolute Gasteiger partial charge is 0.488 e. The molecule has 116 valence electrons. The smallest absolute Gasteiger partial charge is 0.374 e. The van der Waals surface area contributed by atoms with Crippen LogP contribution in [0, 0.1) is 11.6 Å². The first kappa shape index (κ1) is 15.7. The van der Waals surface area contributed by atoms with Crippen LogP contribution in [0.4, 0.5) is 8.78 Å². The molecule has 0 aliphatic heterocycles. The Hall–Kier alpha value is -2.70. The average Bonchev–Trinajstić information content (AvgIpc) is 2.91. The summed E-state index contributed by atoms with van der Waals surface area (Å²) in [5.74, 6) is -3.53. The first-order valence-corrected chi connectivity index (χ1v) is 6.21. The lowest BCUT2D eigenvalue weighted by molar-refractivity contribution is 0.0560. The summed E-state index contributed by atoms with van der Waals surface area (Å²) in [5.41, 5.74) is -0.0319. The van der Waals surface area contributed by atoms with E-state index < -0.39 is 23.4 Å². The number of hydrogen-bond acceptors (Lipinski definition) is 5. The number of hydrogen-bond donors (Lipinski definition) is 0. The molecule has 7 heteroatoms. The van der Waals surface area contributed by atoms with Crippen LogP contribution in [0.5, 0.6) is 5.75 Å². The molecule has 2 aromatic rings. The fourth-order valence-corrected chi connectivity index (χ4v) is 1.88. The van der Waals surface area contributed by atoms with Gasteiger partial charge in [0.15, 0.2) is 5.78 Å². The number of esters is 1. The molecule has 0 aliphatic carbocycles. The number of carbonyl (C=O) groups excluding carboxylic acids is 2. The molecule has 0 unspecified atom stereocenters. The summed E-state index contributed by atoms with van der Waals surface area (Å²) in [6.07, 6.45) is 1.25. The maximum Gasteiger partial charge on any atom is 0.374 e. The van der Waals surface area contributed by atoms with Gasteiger partial charge in [0, 0.05) is 17.7 Å². The van der Waals surface area contributed by atoms with E-state index in [0.29, 0.717) is 11.6 Å². The Kier molecular flexibility index (Phi) is 4.55. The highest BCUT2D eigenvalue weighted by Crippen LogP contribution is 2.25. The number of ether oxygens (including phenoxy) is 2. The third-order valence-electron chi connectivity index (χ3n) is 2.87. The van der Waals surface area contributed by atoms with E-state index in [4.69, 9.17) is 9.15 Å². The molecule has 5 nitrogen and oxygen atoms in total. The van der Waals surface area contributed by atoms with Gasteiger partial charge < -0.3 is 13.9 Å². The van der Waals surface area contributed by atoms with Crippen LogP contribution in [-0.2, 0) is 11.3 Å². The van der Waals surface area contributed by atoms with Crippen molar-refractivity contribution in [2.24, 2.45) is 0 Å². The van der Waals surface area contributed by atoms with E-state index in [9.17, 15) is 18.4 Å². The van der Waals surface area contributed by atoms with E-state index in [0.717, 1.165) is 13.0 Å². The van der Waals surface area contributed by atoms with E-state index in [1.807, 2.05) is 0 Å². The Labute approximate surface area is 124 Å². The Morgan fingerprint density at radius 3 is 2.64 bits per heavy atom. The minimum atomic E-state index is -1.01. The van der Waals surface area contributed by atoms with Crippen molar-refractivity contribution in [2.75, 3.05) is 7.11 Å². The quantitative estimate of drug-likeness (QED) is 0.627. The topological polar surface area (TPSA) is 65.7 Å². The average molecular weight is 310 g/mol. The third-order valence-corrected chi connectivity index (χ3v) is 2.87. The molecule has 0 saturated carbocycles. The molecule has 0 fully saturated rings. The first-order chi connectivity index (χ1) is 10.4. The summed E-state index contributed by atoms with van der Waals surface area (Å²) in [6.45, 7) is 0.922. The number of Topliss-reactive ketones (excluding diaryl/α,β-unsaturated/α-hetero) is 1. The third kappa shape index (κ3) is 3.13. The van der Waals surface area contributed by atoms with Crippen molar-refractivity contribution >= 4 is 11.8 Å². The minimum absolute atomic E-state index is 0.0799. The van der Waals surface area contributed by atoms with E-state index in [1.165, 1.54) is 19.4 Å². The van der Waals surface area contributed by atoms with Gasteiger partial charge in [-0.15, -0.1) is 0 Å². The van der Waals surface area contributed by atoms with Gasteiger partial charge in [0.2, 0.25) is 5.76 Å². The molecular weight excluding hydrogens is 298 g/mol. The van der Waals surface area contributed by atoms with Gasteiger partial charge >= 0.3 is 5.97 Å². The van der Waals surface area contributed by atoms with E-state index in [-0.39, 0.29) is 23.7 Å². The SMILES string of the molecule is COC(=O)c1occc1COc1cc(F)cc(F)c1C(C)=O. The monoisotopic (exact) mass is 310 g/mol. The van der Waals surface area contributed by atoms with Crippen molar-refractivity contribution in [1.29, 1.82) is 0 Å². The molecule has 1 heterocycles. The summed E-state index contributed by atoms with van der Waals surface area (Å²) >= 11 is 0. The van der Waals surface area contributed by atoms with Gasteiger partial charge in [-0.1, -0.05) is 0 Å². The minimum Gasteiger partial charge on any atom is -0.488 e. The number of methoxy groups -OCH3 is 1. The van der Waals surface area contributed by atoms with Gasteiger partial charge in [-0.05, 0) is 13.0 Å². The highest BCUT2D eigenvalue weighted by Gasteiger charge is 2.19.